The first-order valence-corrected chi connectivity index (χ1v) is 8.89. The van der Waals surface area contributed by atoms with Gasteiger partial charge >= 0.3 is 5.97 Å². The molecule has 3 amide bonds. The molecule has 7 nitrogen and oxygen atoms in total. The van der Waals surface area contributed by atoms with Crippen LogP contribution in [0, 0.1) is 0 Å². The van der Waals surface area contributed by atoms with Gasteiger partial charge in [0.15, 0.2) is 6.10 Å². The third-order valence-electron chi connectivity index (χ3n) is 4.53. The van der Waals surface area contributed by atoms with Crippen molar-refractivity contribution in [3.05, 3.63) is 71.3 Å². The van der Waals surface area contributed by atoms with E-state index in [9.17, 15) is 19.2 Å². The van der Waals surface area contributed by atoms with E-state index in [1.54, 1.807) is 12.1 Å². The lowest BCUT2D eigenvalue weighted by atomic mass is 10.1. The van der Waals surface area contributed by atoms with Gasteiger partial charge < -0.3 is 10.1 Å². The number of nitrogens with one attached hydrogen (secondary N) is 1. The molecule has 7 heteroatoms. The highest BCUT2D eigenvalue weighted by Crippen LogP contribution is 2.24. The highest BCUT2D eigenvalue weighted by molar-refractivity contribution is 6.22. The van der Waals surface area contributed by atoms with Gasteiger partial charge in [-0.1, -0.05) is 42.5 Å². The number of rotatable bonds is 6. The van der Waals surface area contributed by atoms with Crippen molar-refractivity contribution in [2.45, 2.75) is 32.5 Å². The SMILES string of the molecule is C[C@H](OC(=O)[C@@H](C)N1C(=O)c2ccccc2C1=O)C(=O)NCc1ccccc1. The van der Waals surface area contributed by atoms with Crippen LogP contribution in [0.25, 0.3) is 0 Å². The van der Waals surface area contributed by atoms with E-state index in [2.05, 4.69) is 5.32 Å². The summed E-state index contributed by atoms with van der Waals surface area (Å²) in [6.07, 6.45) is -1.06. The highest BCUT2D eigenvalue weighted by atomic mass is 16.5. The van der Waals surface area contributed by atoms with E-state index < -0.39 is 35.8 Å². The van der Waals surface area contributed by atoms with Crippen molar-refractivity contribution in [1.29, 1.82) is 0 Å². The lowest BCUT2D eigenvalue weighted by Crippen LogP contribution is -2.46. The van der Waals surface area contributed by atoms with Gasteiger partial charge in [-0.15, -0.1) is 0 Å². The van der Waals surface area contributed by atoms with Crippen molar-refractivity contribution >= 4 is 23.7 Å². The van der Waals surface area contributed by atoms with Crippen molar-refractivity contribution in [1.82, 2.24) is 10.2 Å². The van der Waals surface area contributed by atoms with Gasteiger partial charge in [-0.05, 0) is 31.5 Å². The number of carbonyl (C=O) groups is 4. The lowest BCUT2D eigenvalue weighted by molar-refractivity contribution is -0.158. The number of esters is 1. The maximum atomic E-state index is 12.5. The van der Waals surface area contributed by atoms with Crippen LogP contribution in [-0.2, 0) is 20.9 Å². The number of benzene rings is 2. The Kier molecular flexibility index (Phi) is 5.54. The number of amides is 3. The molecular weight excluding hydrogens is 360 g/mol. The van der Waals surface area contributed by atoms with Gasteiger partial charge in [0.1, 0.15) is 6.04 Å². The topological polar surface area (TPSA) is 92.8 Å². The van der Waals surface area contributed by atoms with Crippen LogP contribution in [0.3, 0.4) is 0 Å². The molecule has 1 aliphatic rings. The van der Waals surface area contributed by atoms with E-state index in [0.717, 1.165) is 10.5 Å². The summed E-state index contributed by atoms with van der Waals surface area (Å²) < 4.78 is 5.17. The Hall–Kier alpha value is -3.48. The molecule has 28 heavy (non-hydrogen) atoms. The summed E-state index contributed by atoms with van der Waals surface area (Å²) in [5.74, 6) is -2.39. The Bertz CT molecular complexity index is 890. The number of imide groups is 1. The zero-order valence-corrected chi connectivity index (χ0v) is 15.5. The highest BCUT2D eigenvalue weighted by Gasteiger charge is 2.41. The maximum Gasteiger partial charge on any atom is 0.329 e. The number of hydrogen-bond acceptors (Lipinski definition) is 5. The summed E-state index contributed by atoms with van der Waals surface area (Å²) in [4.78, 5) is 50.3. The Balaban J connectivity index is 1.59. The number of nitrogens with zero attached hydrogens (tertiary/aromatic N) is 1. The van der Waals surface area contributed by atoms with Crippen LogP contribution in [0.2, 0.25) is 0 Å². The van der Waals surface area contributed by atoms with E-state index in [-0.39, 0.29) is 11.1 Å². The molecule has 2 aromatic rings. The van der Waals surface area contributed by atoms with Crippen LogP contribution in [0.1, 0.15) is 40.1 Å². The van der Waals surface area contributed by atoms with Gasteiger partial charge in [0.25, 0.3) is 17.7 Å². The first-order chi connectivity index (χ1) is 13.4. The predicted octanol–water partition coefficient (Wildman–Crippen LogP) is 1.92. The van der Waals surface area contributed by atoms with Crippen molar-refractivity contribution < 1.29 is 23.9 Å². The summed E-state index contributed by atoms with van der Waals surface area (Å²) in [5.41, 5.74) is 1.41. The minimum atomic E-state index is -1.14. The molecule has 2 atom stereocenters. The quantitative estimate of drug-likeness (QED) is 0.611. The van der Waals surface area contributed by atoms with Gasteiger partial charge in [-0.3, -0.25) is 19.3 Å². The van der Waals surface area contributed by atoms with Gasteiger partial charge in [0.05, 0.1) is 11.1 Å². The van der Waals surface area contributed by atoms with Crippen molar-refractivity contribution in [3.8, 4) is 0 Å². The molecule has 1 heterocycles. The maximum absolute atomic E-state index is 12.5. The fourth-order valence-corrected chi connectivity index (χ4v) is 2.92. The second-order valence-corrected chi connectivity index (χ2v) is 6.48. The lowest BCUT2D eigenvalue weighted by Gasteiger charge is -2.22. The molecule has 1 aliphatic heterocycles. The molecule has 0 unspecified atom stereocenters. The average molecular weight is 380 g/mol. The van der Waals surface area contributed by atoms with Crippen LogP contribution < -0.4 is 5.32 Å². The van der Waals surface area contributed by atoms with Gasteiger partial charge in [-0.25, -0.2) is 4.79 Å². The molecular formula is C21H20N2O5. The smallest absolute Gasteiger partial charge is 0.329 e. The standard InChI is InChI=1S/C21H20N2O5/c1-13(23-19(25)16-10-6-7-11-17(16)20(23)26)21(27)28-14(2)18(24)22-12-15-8-4-3-5-9-15/h3-11,13-14H,12H2,1-2H3,(H,22,24)/t13-,14+/m1/s1. The van der Waals surface area contributed by atoms with Crippen LogP contribution in [0.5, 0.6) is 0 Å². The molecule has 0 saturated carbocycles. The molecule has 144 valence electrons. The Morgan fingerprint density at radius 3 is 2.04 bits per heavy atom. The third kappa shape index (κ3) is 3.78. The largest absolute Gasteiger partial charge is 0.451 e. The summed E-state index contributed by atoms with van der Waals surface area (Å²) in [6.45, 7) is 3.14. The minimum Gasteiger partial charge on any atom is -0.451 e. The van der Waals surface area contributed by atoms with Crippen LogP contribution >= 0.6 is 0 Å². The molecule has 0 aliphatic carbocycles. The molecule has 0 bridgehead atoms. The molecule has 2 aromatic carbocycles. The van der Waals surface area contributed by atoms with E-state index in [1.807, 2.05) is 30.3 Å². The van der Waals surface area contributed by atoms with E-state index in [4.69, 9.17) is 4.74 Å². The Morgan fingerprint density at radius 2 is 1.46 bits per heavy atom. The zero-order chi connectivity index (χ0) is 20.3. The van der Waals surface area contributed by atoms with E-state index >= 15 is 0 Å². The van der Waals surface area contributed by atoms with E-state index in [1.165, 1.54) is 26.0 Å². The number of fused-ring (bicyclic) bond motifs is 1. The van der Waals surface area contributed by atoms with Crippen molar-refractivity contribution in [2.24, 2.45) is 0 Å². The summed E-state index contributed by atoms with van der Waals surface area (Å²) in [7, 11) is 0. The molecule has 0 aromatic heterocycles. The van der Waals surface area contributed by atoms with Crippen LogP contribution in [-0.4, -0.2) is 40.7 Å². The summed E-state index contributed by atoms with van der Waals surface area (Å²) >= 11 is 0. The van der Waals surface area contributed by atoms with Crippen molar-refractivity contribution in [2.75, 3.05) is 0 Å². The van der Waals surface area contributed by atoms with E-state index in [0.29, 0.717) is 6.54 Å². The molecule has 0 saturated heterocycles. The predicted molar refractivity (Wildman–Crippen MR) is 100 cm³/mol. The molecule has 3 rings (SSSR count). The van der Waals surface area contributed by atoms with Crippen LogP contribution in [0.4, 0.5) is 0 Å². The second-order valence-electron chi connectivity index (χ2n) is 6.48. The Labute approximate surface area is 162 Å². The molecule has 0 fully saturated rings. The minimum absolute atomic E-state index is 0.251. The van der Waals surface area contributed by atoms with Crippen LogP contribution in [0.15, 0.2) is 54.6 Å². The first-order valence-electron chi connectivity index (χ1n) is 8.89. The fourth-order valence-electron chi connectivity index (χ4n) is 2.92. The number of carbonyl (C=O) groups excluding carboxylic acids is 4. The molecule has 0 radical (unpaired) electrons. The van der Waals surface area contributed by atoms with Gasteiger partial charge in [0.2, 0.25) is 0 Å². The normalized spacial score (nSPS) is 15.0. The fraction of sp³-hybridized carbons (Fsp3) is 0.238. The van der Waals surface area contributed by atoms with Gasteiger partial charge in [0, 0.05) is 6.54 Å². The summed E-state index contributed by atoms with van der Waals surface area (Å²) in [6, 6.07) is 14.5. The Morgan fingerprint density at radius 1 is 0.929 bits per heavy atom. The zero-order valence-electron chi connectivity index (χ0n) is 15.5. The molecule has 0 spiro atoms. The summed E-state index contributed by atoms with van der Waals surface area (Å²) in [5, 5.41) is 2.68. The molecule has 1 N–H and O–H groups in total. The second kappa shape index (κ2) is 8.04. The average Bonchev–Trinajstić information content (AvgIpc) is 2.97. The third-order valence-corrected chi connectivity index (χ3v) is 4.53. The monoisotopic (exact) mass is 380 g/mol. The number of hydrogen-bond donors (Lipinski definition) is 1. The van der Waals surface area contributed by atoms with Gasteiger partial charge in [-0.2, -0.15) is 0 Å². The van der Waals surface area contributed by atoms with Crippen molar-refractivity contribution in [3.63, 3.8) is 0 Å². The first kappa shape index (κ1) is 19.3. The number of ether oxygens (including phenoxy) is 1.